The fourth-order valence-corrected chi connectivity index (χ4v) is 2.70. The molecule has 0 spiro atoms. The number of carbonyl (C=O) groups excluding carboxylic acids is 1. The minimum atomic E-state index is -0.208. The quantitative estimate of drug-likeness (QED) is 0.668. The van der Waals surface area contributed by atoms with Crippen LogP contribution in [-0.4, -0.2) is 25.2 Å². The minimum Gasteiger partial charge on any atom is -0.464 e. The Morgan fingerprint density at radius 2 is 2.26 bits per heavy atom. The van der Waals surface area contributed by atoms with E-state index in [-0.39, 0.29) is 12.0 Å². The van der Waals surface area contributed by atoms with E-state index in [4.69, 9.17) is 10.5 Å². The Labute approximate surface area is 114 Å². The molecular weight excluding hydrogens is 240 g/mol. The van der Waals surface area contributed by atoms with Crippen molar-refractivity contribution in [2.45, 2.75) is 39.2 Å². The molecule has 0 fully saturated rings. The van der Waals surface area contributed by atoms with Crippen LogP contribution in [0, 0.1) is 0 Å². The molecule has 0 aliphatic carbocycles. The van der Waals surface area contributed by atoms with Gasteiger partial charge in [-0.15, -0.1) is 0 Å². The molecule has 0 radical (unpaired) electrons. The molecule has 1 aromatic rings. The molecule has 1 heterocycles. The van der Waals surface area contributed by atoms with Gasteiger partial charge in [-0.1, -0.05) is 13.0 Å². The molecule has 0 saturated carbocycles. The second kappa shape index (κ2) is 5.95. The van der Waals surface area contributed by atoms with Gasteiger partial charge in [-0.3, -0.25) is 0 Å². The molecule has 104 valence electrons. The summed E-state index contributed by atoms with van der Waals surface area (Å²) in [5.41, 5.74) is 8.97. The average molecular weight is 262 g/mol. The van der Waals surface area contributed by atoms with Crippen LogP contribution in [0.4, 0.5) is 11.4 Å². The Morgan fingerprint density at radius 1 is 1.47 bits per heavy atom. The maximum absolute atomic E-state index is 12.1. The van der Waals surface area contributed by atoms with Gasteiger partial charge in [0, 0.05) is 17.9 Å². The lowest BCUT2D eigenvalue weighted by Gasteiger charge is -2.36. The van der Waals surface area contributed by atoms with Gasteiger partial charge in [0.1, 0.15) is 6.04 Å². The number of ether oxygens (including phenoxy) is 1. The Hall–Kier alpha value is -1.71. The van der Waals surface area contributed by atoms with E-state index >= 15 is 0 Å². The predicted molar refractivity (Wildman–Crippen MR) is 77.2 cm³/mol. The van der Waals surface area contributed by atoms with Crippen LogP contribution in [0.3, 0.4) is 0 Å². The summed E-state index contributed by atoms with van der Waals surface area (Å²) in [4.78, 5) is 14.2. The third kappa shape index (κ3) is 2.83. The summed E-state index contributed by atoms with van der Waals surface area (Å²) in [5, 5.41) is 0. The van der Waals surface area contributed by atoms with E-state index in [0.717, 1.165) is 37.2 Å². The maximum atomic E-state index is 12.1. The molecule has 0 bridgehead atoms. The number of carbonyl (C=O) groups is 1. The first-order valence-corrected chi connectivity index (χ1v) is 6.99. The molecule has 1 atom stereocenters. The normalized spacial score (nSPS) is 15.8. The van der Waals surface area contributed by atoms with Gasteiger partial charge in [0.05, 0.1) is 6.61 Å². The third-order valence-electron chi connectivity index (χ3n) is 3.59. The molecule has 2 rings (SSSR count). The van der Waals surface area contributed by atoms with E-state index in [2.05, 4.69) is 11.0 Å². The summed E-state index contributed by atoms with van der Waals surface area (Å²) in [6.07, 6.45) is 2.85. The molecule has 1 aromatic carbocycles. The monoisotopic (exact) mass is 262 g/mol. The summed E-state index contributed by atoms with van der Waals surface area (Å²) in [7, 11) is 0. The van der Waals surface area contributed by atoms with Gasteiger partial charge in [0.25, 0.3) is 0 Å². The molecule has 4 heteroatoms. The molecule has 0 aromatic heterocycles. The van der Waals surface area contributed by atoms with Crippen molar-refractivity contribution in [2.24, 2.45) is 0 Å². The lowest BCUT2D eigenvalue weighted by Crippen LogP contribution is -2.44. The van der Waals surface area contributed by atoms with Gasteiger partial charge in [-0.25, -0.2) is 4.79 Å². The third-order valence-corrected chi connectivity index (χ3v) is 3.59. The highest BCUT2D eigenvalue weighted by atomic mass is 16.5. The topological polar surface area (TPSA) is 55.6 Å². The summed E-state index contributed by atoms with van der Waals surface area (Å²) in [6, 6.07) is 5.75. The summed E-state index contributed by atoms with van der Waals surface area (Å²) in [5.74, 6) is -0.139. The van der Waals surface area contributed by atoms with E-state index < -0.39 is 0 Å². The van der Waals surface area contributed by atoms with Crippen molar-refractivity contribution in [3.8, 4) is 0 Å². The van der Waals surface area contributed by atoms with Crippen molar-refractivity contribution < 1.29 is 9.53 Å². The summed E-state index contributed by atoms with van der Waals surface area (Å²) in [6.45, 7) is 5.16. The van der Waals surface area contributed by atoms with Crippen molar-refractivity contribution in [1.29, 1.82) is 0 Å². The van der Waals surface area contributed by atoms with Crippen LogP contribution >= 0.6 is 0 Å². The van der Waals surface area contributed by atoms with Gasteiger partial charge in [-0.2, -0.15) is 0 Å². The number of nitrogens with two attached hydrogens (primary N) is 1. The molecule has 4 nitrogen and oxygen atoms in total. The van der Waals surface area contributed by atoms with Crippen LogP contribution in [0.25, 0.3) is 0 Å². The van der Waals surface area contributed by atoms with Crippen LogP contribution in [0.1, 0.15) is 32.3 Å². The fourth-order valence-electron chi connectivity index (χ4n) is 2.70. The van der Waals surface area contributed by atoms with E-state index in [9.17, 15) is 4.79 Å². The summed E-state index contributed by atoms with van der Waals surface area (Å²) < 4.78 is 5.18. The Kier molecular flexibility index (Phi) is 4.30. The highest BCUT2D eigenvalue weighted by Gasteiger charge is 2.29. The second-order valence-electron chi connectivity index (χ2n) is 4.86. The molecule has 19 heavy (non-hydrogen) atoms. The van der Waals surface area contributed by atoms with Crippen LogP contribution in [0.2, 0.25) is 0 Å². The van der Waals surface area contributed by atoms with Gasteiger partial charge >= 0.3 is 5.97 Å². The minimum absolute atomic E-state index is 0.139. The van der Waals surface area contributed by atoms with Gasteiger partial charge in [0.15, 0.2) is 0 Å². The molecule has 0 amide bonds. The highest BCUT2D eigenvalue weighted by molar-refractivity contribution is 5.81. The predicted octanol–water partition coefficient (Wildman–Crippen LogP) is 2.36. The number of aryl methyl sites for hydroxylation is 1. The number of esters is 1. The van der Waals surface area contributed by atoms with Crippen molar-refractivity contribution in [1.82, 2.24) is 0 Å². The first kappa shape index (κ1) is 13.7. The Morgan fingerprint density at radius 3 is 2.95 bits per heavy atom. The van der Waals surface area contributed by atoms with Gasteiger partial charge < -0.3 is 15.4 Å². The number of benzene rings is 1. The van der Waals surface area contributed by atoms with Crippen LogP contribution in [-0.2, 0) is 16.0 Å². The van der Waals surface area contributed by atoms with Crippen molar-refractivity contribution in [3.05, 3.63) is 23.8 Å². The second-order valence-corrected chi connectivity index (χ2v) is 4.86. The molecule has 2 N–H and O–H groups in total. The van der Waals surface area contributed by atoms with Crippen LogP contribution < -0.4 is 10.6 Å². The number of nitrogen functional groups attached to an aromatic ring is 1. The number of hydrogen-bond donors (Lipinski definition) is 1. The molecule has 1 aliphatic rings. The molecule has 0 saturated heterocycles. The number of anilines is 2. The van der Waals surface area contributed by atoms with Crippen molar-refractivity contribution in [2.75, 3.05) is 23.8 Å². The molecule has 1 unspecified atom stereocenters. The van der Waals surface area contributed by atoms with Crippen molar-refractivity contribution >= 4 is 17.3 Å². The number of rotatable bonds is 4. The lowest BCUT2D eigenvalue weighted by atomic mass is 9.98. The van der Waals surface area contributed by atoms with Gasteiger partial charge in [-0.05, 0) is 43.9 Å². The maximum Gasteiger partial charge on any atom is 0.328 e. The zero-order chi connectivity index (χ0) is 13.8. The van der Waals surface area contributed by atoms with E-state index in [1.165, 1.54) is 5.56 Å². The van der Waals surface area contributed by atoms with Gasteiger partial charge in [0.2, 0.25) is 0 Å². The number of hydrogen-bond acceptors (Lipinski definition) is 4. The van der Waals surface area contributed by atoms with Crippen molar-refractivity contribution in [3.63, 3.8) is 0 Å². The SMILES string of the molecule is CCOC(=O)C(CC)N1CCCc2ccc(N)cc21. The largest absolute Gasteiger partial charge is 0.464 e. The van der Waals surface area contributed by atoms with E-state index in [0.29, 0.717) is 6.61 Å². The zero-order valence-electron chi connectivity index (χ0n) is 11.7. The zero-order valence-corrected chi connectivity index (χ0v) is 11.7. The van der Waals surface area contributed by atoms with E-state index in [1.807, 2.05) is 26.0 Å². The fraction of sp³-hybridized carbons (Fsp3) is 0.533. The number of fused-ring (bicyclic) bond motifs is 1. The smallest absolute Gasteiger partial charge is 0.328 e. The first-order valence-electron chi connectivity index (χ1n) is 6.99. The first-order chi connectivity index (χ1) is 9.17. The highest BCUT2D eigenvalue weighted by Crippen LogP contribution is 2.31. The standard InChI is InChI=1S/C15H22N2O2/c1-3-13(15(18)19-4-2)17-9-5-6-11-7-8-12(16)10-14(11)17/h7-8,10,13H,3-6,9,16H2,1-2H3. The molecular formula is C15H22N2O2. The van der Waals surface area contributed by atoms with Crippen LogP contribution in [0.5, 0.6) is 0 Å². The Bertz CT molecular complexity index is 459. The lowest BCUT2D eigenvalue weighted by molar-refractivity contribution is -0.144. The molecule has 1 aliphatic heterocycles. The summed E-state index contributed by atoms with van der Waals surface area (Å²) >= 11 is 0. The van der Waals surface area contributed by atoms with E-state index in [1.54, 1.807) is 0 Å². The Balaban J connectivity index is 2.30. The van der Waals surface area contributed by atoms with Crippen LogP contribution in [0.15, 0.2) is 18.2 Å². The number of nitrogens with zero attached hydrogens (tertiary/aromatic N) is 1. The average Bonchev–Trinajstić information content (AvgIpc) is 2.40.